The van der Waals surface area contributed by atoms with Gasteiger partial charge in [0.05, 0.1) is 35.9 Å². The largest absolute Gasteiger partial charge is 0.480 e. The van der Waals surface area contributed by atoms with Crippen molar-refractivity contribution in [1.29, 1.82) is 0 Å². The van der Waals surface area contributed by atoms with Crippen LogP contribution < -0.4 is 5.32 Å². The van der Waals surface area contributed by atoms with E-state index in [-0.39, 0.29) is 11.5 Å². The number of aliphatic carboxylic acids is 1. The number of aryl methyl sites for hydroxylation is 2. The lowest BCUT2D eigenvalue weighted by molar-refractivity contribution is -0.140. The van der Waals surface area contributed by atoms with Gasteiger partial charge in [-0.15, -0.1) is 0 Å². The average molecular weight is 371 g/mol. The molecular formula is C17H21N7O3. The maximum Gasteiger partial charge on any atom is 0.328 e. The van der Waals surface area contributed by atoms with Crippen LogP contribution in [-0.4, -0.2) is 46.3 Å². The first-order valence-electron chi connectivity index (χ1n) is 8.51. The number of carbonyl (C=O) groups excluding carboxylic acids is 1. The molecule has 3 heterocycles. The number of nitrogens with one attached hydrogen (secondary N) is 1. The number of nitrogens with zero attached hydrogens (tertiary/aromatic N) is 6. The highest BCUT2D eigenvalue weighted by Crippen LogP contribution is 2.13. The Morgan fingerprint density at radius 2 is 1.96 bits per heavy atom. The van der Waals surface area contributed by atoms with Crippen LogP contribution in [0.5, 0.6) is 0 Å². The van der Waals surface area contributed by atoms with E-state index >= 15 is 0 Å². The molecule has 0 saturated carbocycles. The monoisotopic (exact) mass is 371 g/mol. The second kappa shape index (κ2) is 7.44. The third-order valence-electron chi connectivity index (χ3n) is 4.21. The van der Waals surface area contributed by atoms with Gasteiger partial charge in [0.1, 0.15) is 6.04 Å². The maximum atomic E-state index is 12.3. The van der Waals surface area contributed by atoms with Crippen molar-refractivity contribution in [3.05, 3.63) is 47.8 Å². The van der Waals surface area contributed by atoms with Crippen molar-refractivity contribution >= 4 is 17.6 Å². The molecule has 1 atom stereocenters. The van der Waals surface area contributed by atoms with Gasteiger partial charge in [0, 0.05) is 30.7 Å². The lowest BCUT2D eigenvalue weighted by Crippen LogP contribution is -2.16. The van der Waals surface area contributed by atoms with Gasteiger partial charge in [0.25, 0.3) is 5.91 Å². The fourth-order valence-corrected chi connectivity index (χ4v) is 2.55. The Bertz CT molecular complexity index is 969. The molecule has 3 aromatic rings. The fourth-order valence-electron chi connectivity index (χ4n) is 2.55. The highest BCUT2D eigenvalue weighted by Gasteiger charge is 2.17. The van der Waals surface area contributed by atoms with E-state index in [1.54, 1.807) is 17.1 Å². The minimum Gasteiger partial charge on any atom is -0.480 e. The molecule has 1 amide bonds. The summed E-state index contributed by atoms with van der Waals surface area (Å²) < 4.78 is 4.82. The zero-order valence-electron chi connectivity index (χ0n) is 15.3. The van der Waals surface area contributed by atoms with Crippen LogP contribution in [0.15, 0.2) is 31.0 Å². The summed E-state index contributed by atoms with van der Waals surface area (Å²) in [5.74, 6) is -1.40. The third-order valence-corrected chi connectivity index (χ3v) is 4.21. The minimum absolute atomic E-state index is 0.274. The molecular weight excluding hydrogens is 350 g/mol. The van der Waals surface area contributed by atoms with Crippen LogP contribution >= 0.6 is 0 Å². The quantitative estimate of drug-likeness (QED) is 0.650. The fraction of sp³-hybridized carbons (Fsp3) is 0.353. The molecule has 27 heavy (non-hydrogen) atoms. The number of rotatable bonds is 7. The summed E-state index contributed by atoms with van der Waals surface area (Å²) in [5.41, 5.74) is 2.81. The molecule has 0 fully saturated rings. The van der Waals surface area contributed by atoms with Gasteiger partial charge in [-0.3, -0.25) is 18.8 Å². The second-order valence-corrected chi connectivity index (χ2v) is 6.20. The van der Waals surface area contributed by atoms with Crippen molar-refractivity contribution < 1.29 is 14.7 Å². The predicted octanol–water partition coefficient (Wildman–Crippen LogP) is 1.55. The summed E-state index contributed by atoms with van der Waals surface area (Å²) in [7, 11) is 0. The normalized spacial score (nSPS) is 12.1. The van der Waals surface area contributed by atoms with Gasteiger partial charge in [0.15, 0.2) is 0 Å². The molecule has 0 radical (unpaired) electrons. The molecule has 0 spiro atoms. The van der Waals surface area contributed by atoms with Crippen molar-refractivity contribution in [2.24, 2.45) is 0 Å². The number of anilines is 1. The van der Waals surface area contributed by atoms with Crippen molar-refractivity contribution in [2.45, 2.75) is 39.9 Å². The number of amides is 1. The van der Waals surface area contributed by atoms with E-state index in [1.165, 1.54) is 24.0 Å². The topological polar surface area (TPSA) is 120 Å². The molecule has 0 saturated heterocycles. The zero-order chi connectivity index (χ0) is 19.6. The lowest BCUT2D eigenvalue weighted by atomic mass is 10.3. The van der Waals surface area contributed by atoms with Crippen LogP contribution in [0, 0.1) is 6.92 Å². The molecule has 3 aromatic heterocycles. The smallest absolute Gasteiger partial charge is 0.328 e. The van der Waals surface area contributed by atoms with Gasteiger partial charge < -0.3 is 10.4 Å². The Hall–Kier alpha value is -3.43. The summed E-state index contributed by atoms with van der Waals surface area (Å²) in [6.07, 6.45) is 8.00. The molecule has 0 aromatic carbocycles. The van der Waals surface area contributed by atoms with E-state index in [1.807, 2.05) is 24.7 Å². The molecule has 10 nitrogen and oxygen atoms in total. The van der Waals surface area contributed by atoms with Crippen molar-refractivity contribution in [3.63, 3.8) is 0 Å². The molecule has 1 unspecified atom stereocenters. The Labute approximate surface area is 155 Å². The molecule has 142 valence electrons. The zero-order valence-corrected chi connectivity index (χ0v) is 15.3. The van der Waals surface area contributed by atoms with Crippen LogP contribution in [0.4, 0.5) is 5.69 Å². The summed E-state index contributed by atoms with van der Waals surface area (Å²) in [6.45, 7) is 6.81. The van der Waals surface area contributed by atoms with Crippen molar-refractivity contribution in [2.75, 3.05) is 5.32 Å². The highest BCUT2D eigenvalue weighted by atomic mass is 16.4. The number of hydrogen-bond acceptors (Lipinski definition) is 5. The standard InChI is InChI=1S/C17H21N7O3/c1-4-22-7-14(11(2)21-22)8-23-10-15(6-18-23)20-16(25)13-5-19-24(9-13)12(3)17(26)27/h5-7,9-10,12H,4,8H2,1-3H3,(H,20,25)(H,26,27). The first kappa shape index (κ1) is 18.4. The van der Waals surface area contributed by atoms with Gasteiger partial charge in [-0.2, -0.15) is 15.3 Å². The van der Waals surface area contributed by atoms with Gasteiger partial charge in [-0.25, -0.2) is 4.79 Å². The van der Waals surface area contributed by atoms with Gasteiger partial charge in [-0.1, -0.05) is 0 Å². The van der Waals surface area contributed by atoms with E-state index < -0.39 is 12.0 Å². The van der Waals surface area contributed by atoms with E-state index in [9.17, 15) is 9.59 Å². The molecule has 2 N–H and O–H groups in total. The molecule has 3 rings (SSSR count). The second-order valence-electron chi connectivity index (χ2n) is 6.20. The average Bonchev–Trinajstić information content (AvgIpc) is 3.35. The summed E-state index contributed by atoms with van der Waals surface area (Å²) in [5, 5.41) is 24.3. The molecule has 0 aliphatic heterocycles. The Kier molecular flexibility index (Phi) is 5.06. The van der Waals surface area contributed by atoms with Crippen molar-refractivity contribution in [3.8, 4) is 0 Å². The number of aromatic nitrogens is 6. The van der Waals surface area contributed by atoms with Gasteiger partial charge in [-0.05, 0) is 20.8 Å². The maximum absolute atomic E-state index is 12.3. The Balaban J connectivity index is 1.66. The van der Waals surface area contributed by atoms with Crippen LogP contribution in [0.1, 0.15) is 41.5 Å². The van der Waals surface area contributed by atoms with Crippen LogP contribution in [0.3, 0.4) is 0 Å². The highest BCUT2D eigenvalue weighted by molar-refractivity contribution is 6.03. The van der Waals surface area contributed by atoms with Crippen molar-refractivity contribution in [1.82, 2.24) is 29.3 Å². The summed E-state index contributed by atoms with van der Waals surface area (Å²) in [6, 6.07) is -0.846. The summed E-state index contributed by atoms with van der Waals surface area (Å²) in [4.78, 5) is 23.3. The third kappa shape index (κ3) is 4.05. The minimum atomic E-state index is -1.02. The lowest BCUT2D eigenvalue weighted by Gasteiger charge is -2.05. The van der Waals surface area contributed by atoms with E-state index in [4.69, 9.17) is 5.11 Å². The van der Waals surface area contributed by atoms with E-state index in [2.05, 4.69) is 20.6 Å². The SMILES string of the molecule is CCn1cc(Cn2cc(NC(=O)c3cnn(C(C)C(=O)O)c3)cn2)c(C)n1. The van der Waals surface area contributed by atoms with E-state index in [0.29, 0.717) is 12.2 Å². The molecule has 10 heteroatoms. The number of hydrogen-bond donors (Lipinski definition) is 2. The number of carboxylic acids is 1. The van der Waals surface area contributed by atoms with E-state index in [0.717, 1.165) is 17.8 Å². The summed E-state index contributed by atoms with van der Waals surface area (Å²) >= 11 is 0. The molecule has 0 bridgehead atoms. The van der Waals surface area contributed by atoms with Gasteiger partial charge >= 0.3 is 5.97 Å². The first-order valence-corrected chi connectivity index (χ1v) is 8.51. The van der Waals surface area contributed by atoms with Crippen LogP contribution in [0.2, 0.25) is 0 Å². The Morgan fingerprint density at radius 3 is 2.63 bits per heavy atom. The molecule has 0 aliphatic rings. The predicted molar refractivity (Wildman–Crippen MR) is 96.5 cm³/mol. The van der Waals surface area contributed by atoms with Crippen LogP contribution in [0.25, 0.3) is 0 Å². The first-order chi connectivity index (χ1) is 12.9. The molecule has 0 aliphatic carbocycles. The Morgan fingerprint density at radius 1 is 1.19 bits per heavy atom. The van der Waals surface area contributed by atoms with Gasteiger partial charge in [0.2, 0.25) is 0 Å². The number of carboxylic acid groups (broad SMARTS) is 1. The number of carbonyl (C=O) groups is 2. The van der Waals surface area contributed by atoms with Crippen LogP contribution in [-0.2, 0) is 17.9 Å².